The van der Waals surface area contributed by atoms with Crippen molar-refractivity contribution in [2.45, 2.75) is 12.3 Å². The Morgan fingerprint density at radius 1 is 0.905 bits per heavy atom. The third kappa shape index (κ3) is 8.22. The van der Waals surface area contributed by atoms with Gasteiger partial charge in [-0.15, -0.1) is 0 Å². The summed E-state index contributed by atoms with van der Waals surface area (Å²) < 4.78 is 14.0. The first-order valence-corrected chi connectivity index (χ1v) is 13.4. The number of nitrogens with two attached hydrogens (primary N) is 1. The quantitative estimate of drug-likeness (QED) is 0.188. The van der Waals surface area contributed by atoms with Crippen molar-refractivity contribution in [3.63, 3.8) is 0 Å². The van der Waals surface area contributed by atoms with Gasteiger partial charge in [0.1, 0.15) is 24.7 Å². The molecule has 0 unspecified atom stereocenters. The molecule has 1 saturated heterocycles. The summed E-state index contributed by atoms with van der Waals surface area (Å²) in [5.74, 6) is 4.21. The van der Waals surface area contributed by atoms with Crippen molar-refractivity contribution >= 4 is 29.0 Å². The maximum Gasteiger partial charge on any atom is 0.251 e. The van der Waals surface area contributed by atoms with E-state index >= 15 is 0 Å². The summed E-state index contributed by atoms with van der Waals surface area (Å²) in [6, 6.07) is 18.7. The summed E-state index contributed by atoms with van der Waals surface area (Å²) in [6.45, 7) is 1.97. The molecule has 1 aliphatic rings. The van der Waals surface area contributed by atoms with E-state index in [1.54, 1.807) is 48.5 Å². The molecule has 0 bridgehead atoms. The SMILES string of the molecule is N[C@@H](O)[C@H](NC(=O)c1ccc(C#Cc2ccc(NC(=O)CN3CCN(c4ccccc4F)CC3)cc2)cc1)C(=O)CO. The van der Waals surface area contributed by atoms with E-state index in [2.05, 4.69) is 22.5 Å². The van der Waals surface area contributed by atoms with Crippen LogP contribution in [-0.4, -0.2) is 84.3 Å². The zero-order valence-corrected chi connectivity index (χ0v) is 22.8. The van der Waals surface area contributed by atoms with Crippen LogP contribution in [0.5, 0.6) is 0 Å². The van der Waals surface area contributed by atoms with Crippen molar-refractivity contribution in [3.8, 4) is 11.8 Å². The number of ketones is 1. The number of Topliss-reactive ketones (excluding diaryl/α,β-unsaturated/α-hetero) is 1. The average molecular weight is 574 g/mol. The summed E-state index contributed by atoms with van der Waals surface area (Å²) >= 11 is 0. The molecule has 2 amide bonds. The van der Waals surface area contributed by atoms with Gasteiger partial charge in [0.15, 0.2) is 5.78 Å². The second kappa shape index (κ2) is 14.3. The number of piperazine rings is 1. The molecule has 0 aromatic heterocycles. The Hall–Kier alpha value is -4.60. The van der Waals surface area contributed by atoms with Crippen molar-refractivity contribution in [2.75, 3.05) is 49.5 Å². The van der Waals surface area contributed by atoms with E-state index in [1.165, 1.54) is 18.2 Å². The minimum atomic E-state index is -1.65. The summed E-state index contributed by atoms with van der Waals surface area (Å²) in [7, 11) is 0. The number of nitrogens with one attached hydrogen (secondary N) is 2. The molecular formula is C31H32FN5O5. The van der Waals surface area contributed by atoms with Crippen molar-refractivity contribution in [1.82, 2.24) is 10.2 Å². The smallest absolute Gasteiger partial charge is 0.251 e. The topological polar surface area (TPSA) is 148 Å². The lowest BCUT2D eigenvalue weighted by atomic mass is 10.1. The fourth-order valence-corrected chi connectivity index (χ4v) is 4.42. The lowest BCUT2D eigenvalue weighted by Gasteiger charge is -2.35. The van der Waals surface area contributed by atoms with Crippen molar-refractivity contribution in [3.05, 3.63) is 95.3 Å². The van der Waals surface area contributed by atoms with Gasteiger partial charge in [0.25, 0.3) is 5.91 Å². The molecule has 0 aliphatic carbocycles. The monoisotopic (exact) mass is 573 g/mol. The number of amides is 2. The minimum absolute atomic E-state index is 0.134. The van der Waals surface area contributed by atoms with Crippen molar-refractivity contribution < 1.29 is 29.0 Å². The zero-order chi connectivity index (χ0) is 30.1. The highest BCUT2D eigenvalue weighted by molar-refractivity contribution is 5.98. The third-order valence-corrected chi connectivity index (χ3v) is 6.73. The van der Waals surface area contributed by atoms with Crippen LogP contribution in [0.4, 0.5) is 15.8 Å². The largest absolute Gasteiger partial charge is 0.388 e. The first-order valence-electron chi connectivity index (χ1n) is 13.4. The Labute approximate surface area is 242 Å². The third-order valence-electron chi connectivity index (χ3n) is 6.73. The highest BCUT2D eigenvalue weighted by atomic mass is 19.1. The number of benzene rings is 3. The molecule has 11 heteroatoms. The number of hydrogen-bond acceptors (Lipinski definition) is 8. The molecule has 1 aliphatic heterocycles. The maximum atomic E-state index is 14.0. The Morgan fingerprint density at radius 2 is 1.50 bits per heavy atom. The van der Waals surface area contributed by atoms with Crippen LogP contribution in [-0.2, 0) is 9.59 Å². The van der Waals surface area contributed by atoms with E-state index in [0.29, 0.717) is 43.1 Å². The Bertz CT molecular complexity index is 1460. The van der Waals surface area contributed by atoms with Gasteiger partial charge in [-0.05, 0) is 60.7 Å². The molecule has 3 aromatic carbocycles. The predicted molar refractivity (Wildman–Crippen MR) is 156 cm³/mol. The van der Waals surface area contributed by atoms with Crippen LogP contribution in [0.2, 0.25) is 0 Å². The summed E-state index contributed by atoms with van der Waals surface area (Å²) in [6.07, 6.45) is -1.65. The van der Waals surface area contributed by atoms with Crippen LogP contribution in [0.15, 0.2) is 72.8 Å². The number of para-hydroxylation sites is 1. The molecule has 0 saturated carbocycles. The second-order valence-electron chi connectivity index (χ2n) is 9.73. The van der Waals surface area contributed by atoms with Gasteiger partial charge in [-0.2, -0.15) is 0 Å². The minimum Gasteiger partial charge on any atom is -0.388 e. The lowest BCUT2D eigenvalue weighted by Crippen LogP contribution is -2.53. The Morgan fingerprint density at radius 3 is 2.07 bits per heavy atom. The molecule has 10 nitrogen and oxygen atoms in total. The van der Waals surface area contributed by atoms with Gasteiger partial charge in [-0.25, -0.2) is 4.39 Å². The highest BCUT2D eigenvalue weighted by Gasteiger charge is 2.25. The Kier molecular flexibility index (Phi) is 10.4. The molecule has 218 valence electrons. The summed E-state index contributed by atoms with van der Waals surface area (Å²) in [4.78, 5) is 40.6. The number of carbonyl (C=O) groups excluding carboxylic acids is 3. The molecule has 0 spiro atoms. The number of hydrogen-bond donors (Lipinski definition) is 5. The van der Waals surface area contributed by atoms with Crippen LogP contribution in [0, 0.1) is 17.7 Å². The maximum absolute atomic E-state index is 14.0. The van der Waals surface area contributed by atoms with Gasteiger partial charge in [0, 0.05) is 48.6 Å². The van der Waals surface area contributed by atoms with Crippen LogP contribution >= 0.6 is 0 Å². The summed E-state index contributed by atoms with van der Waals surface area (Å²) in [5, 5.41) is 23.7. The van der Waals surface area contributed by atoms with Crippen LogP contribution in [0.1, 0.15) is 21.5 Å². The lowest BCUT2D eigenvalue weighted by molar-refractivity contribution is -0.126. The molecule has 4 rings (SSSR count). The van der Waals surface area contributed by atoms with Crippen molar-refractivity contribution in [2.24, 2.45) is 5.73 Å². The Balaban J connectivity index is 1.25. The van der Waals surface area contributed by atoms with E-state index in [4.69, 9.17) is 10.8 Å². The number of nitrogens with zero attached hydrogens (tertiary/aromatic N) is 2. The fraction of sp³-hybridized carbons (Fsp3) is 0.258. The number of carbonyl (C=O) groups is 3. The molecule has 1 fully saturated rings. The average Bonchev–Trinajstić information content (AvgIpc) is 3.00. The van der Waals surface area contributed by atoms with Crippen LogP contribution < -0.4 is 21.3 Å². The zero-order valence-electron chi connectivity index (χ0n) is 22.8. The normalized spacial score (nSPS) is 14.7. The number of rotatable bonds is 9. The van der Waals surface area contributed by atoms with Crippen LogP contribution in [0.25, 0.3) is 0 Å². The van der Waals surface area contributed by atoms with Gasteiger partial charge in [0.05, 0.1) is 12.2 Å². The molecular weight excluding hydrogens is 541 g/mol. The van der Waals surface area contributed by atoms with E-state index in [9.17, 15) is 23.9 Å². The highest BCUT2D eigenvalue weighted by Crippen LogP contribution is 2.20. The molecule has 6 N–H and O–H groups in total. The first kappa shape index (κ1) is 30.4. The van der Waals surface area contributed by atoms with E-state index in [0.717, 1.165) is 5.56 Å². The molecule has 42 heavy (non-hydrogen) atoms. The molecule has 3 aromatic rings. The number of halogens is 1. The fourth-order valence-electron chi connectivity index (χ4n) is 4.42. The van der Waals surface area contributed by atoms with Gasteiger partial charge >= 0.3 is 0 Å². The number of aliphatic hydroxyl groups is 2. The van der Waals surface area contributed by atoms with Crippen LogP contribution in [0.3, 0.4) is 0 Å². The summed E-state index contributed by atoms with van der Waals surface area (Å²) in [5.41, 5.74) is 8.13. The van der Waals surface area contributed by atoms with Gasteiger partial charge in [-0.3, -0.25) is 19.3 Å². The van der Waals surface area contributed by atoms with Gasteiger partial charge < -0.3 is 31.5 Å². The van der Waals surface area contributed by atoms with Crippen molar-refractivity contribution in [1.29, 1.82) is 0 Å². The molecule has 0 radical (unpaired) electrons. The molecule has 1 heterocycles. The van der Waals surface area contributed by atoms with E-state index in [1.807, 2.05) is 15.9 Å². The standard InChI is InChI=1S/C31H32FN5O5/c32-25-3-1-2-4-26(25)37-17-15-36(16-18-37)19-28(40)34-24-13-9-22(10-14-24)6-5-21-7-11-23(12-8-21)31(42)35-29(30(33)41)27(39)20-38/h1-4,7-14,29-30,38,41H,15-20,33H2,(H,34,40)(H,35,42)/t29-,30+/m1/s1. The van der Waals surface area contributed by atoms with E-state index < -0.39 is 30.6 Å². The van der Waals surface area contributed by atoms with Gasteiger partial charge in [-0.1, -0.05) is 24.0 Å². The molecule has 2 atom stereocenters. The number of aliphatic hydroxyl groups excluding tert-OH is 2. The van der Waals surface area contributed by atoms with E-state index in [-0.39, 0.29) is 23.8 Å². The first-order chi connectivity index (χ1) is 20.2. The second-order valence-corrected chi connectivity index (χ2v) is 9.73. The van der Waals surface area contributed by atoms with Gasteiger partial charge in [0.2, 0.25) is 5.91 Å². The number of anilines is 2. The predicted octanol–water partition coefficient (Wildman–Crippen LogP) is 0.923.